The van der Waals surface area contributed by atoms with Gasteiger partial charge in [0.05, 0.1) is 0 Å². The van der Waals surface area contributed by atoms with Crippen molar-refractivity contribution >= 4 is 11.7 Å². The lowest BCUT2D eigenvalue weighted by atomic mass is 9.97. The lowest BCUT2D eigenvalue weighted by Gasteiger charge is -2.34. The van der Waals surface area contributed by atoms with Gasteiger partial charge in [0.15, 0.2) is 0 Å². The Morgan fingerprint density at radius 1 is 1.12 bits per heavy atom. The summed E-state index contributed by atoms with van der Waals surface area (Å²) in [6.45, 7) is 7.91. The zero-order valence-electron chi connectivity index (χ0n) is 19.1. The number of hydrogen-bond donors (Lipinski definition) is 1. The second kappa shape index (κ2) is 10.5. The number of nitrogens with zero attached hydrogens (tertiary/aromatic N) is 4. The van der Waals surface area contributed by atoms with E-state index in [1.165, 1.54) is 0 Å². The molecule has 2 amide bonds. The van der Waals surface area contributed by atoms with E-state index in [1.54, 1.807) is 17.0 Å². The molecule has 0 spiro atoms. The van der Waals surface area contributed by atoms with Gasteiger partial charge in [0, 0.05) is 56.0 Å². The van der Waals surface area contributed by atoms with E-state index in [9.17, 15) is 18.0 Å². The van der Waals surface area contributed by atoms with Crippen LogP contribution in [-0.4, -0.2) is 78.1 Å². The average Bonchev–Trinajstić information content (AvgIpc) is 3.24. The number of piperazine rings is 1. The van der Waals surface area contributed by atoms with Gasteiger partial charge < -0.3 is 19.5 Å². The number of benzene rings is 1. The molecular weight excluding hydrogens is 439 g/mol. The normalized spacial score (nSPS) is 15.6. The Labute approximate surface area is 191 Å². The molecule has 1 aliphatic heterocycles. The molecule has 1 aromatic heterocycles. The van der Waals surface area contributed by atoms with Crippen molar-refractivity contribution in [2.45, 2.75) is 38.8 Å². The van der Waals surface area contributed by atoms with Gasteiger partial charge in [0.1, 0.15) is 6.61 Å². The van der Waals surface area contributed by atoms with Gasteiger partial charge in [0.25, 0.3) is 0 Å². The maximum absolute atomic E-state index is 12.6. The van der Waals surface area contributed by atoms with E-state index in [2.05, 4.69) is 25.1 Å². The van der Waals surface area contributed by atoms with Gasteiger partial charge in [-0.2, -0.15) is 18.2 Å². The summed E-state index contributed by atoms with van der Waals surface area (Å²) < 4.78 is 46.1. The molecule has 1 aromatic carbocycles. The molecule has 0 radical (unpaired) electrons. The van der Waals surface area contributed by atoms with Crippen LogP contribution in [0, 0.1) is 0 Å². The van der Waals surface area contributed by atoms with E-state index >= 15 is 0 Å². The summed E-state index contributed by atoms with van der Waals surface area (Å²) in [4.78, 5) is 20.8. The molecule has 0 atom stereocenters. The van der Waals surface area contributed by atoms with E-state index in [1.807, 2.05) is 32.9 Å². The fourth-order valence-electron chi connectivity index (χ4n) is 3.30. The summed E-state index contributed by atoms with van der Waals surface area (Å²) in [5.41, 5.74) is 1.22. The fraction of sp³-hybridized carbons (Fsp3) is 0.591. The topological polar surface area (TPSA) is 83.7 Å². The molecule has 0 unspecified atom stereocenters. The number of urea groups is 1. The Hall–Kier alpha value is -2.66. The number of nitrogens with one attached hydrogen (secondary N) is 1. The Morgan fingerprint density at radius 3 is 2.36 bits per heavy atom. The van der Waals surface area contributed by atoms with Crippen LogP contribution in [0.15, 0.2) is 28.8 Å². The molecule has 0 aliphatic carbocycles. The number of anilines is 1. The Balaban J connectivity index is 1.41. The number of halogens is 3. The first-order valence-corrected chi connectivity index (χ1v) is 10.9. The number of carbonyl (C=O) groups is 1. The minimum absolute atomic E-state index is 0.0670. The highest BCUT2D eigenvalue weighted by Gasteiger charge is 2.27. The van der Waals surface area contributed by atoms with Crippen molar-refractivity contribution in [3.05, 3.63) is 30.2 Å². The SMILES string of the molecule is CC(C)(C)c1nc(-c2ccc(NC(=O)N3CCN(CCCOCC(F)(F)F)CC3)cc2)no1. The molecule has 182 valence electrons. The standard InChI is InChI=1S/C22H30F3N5O3/c1-21(2,3)19-27-18(28-33-19)16-5-7-17(8-6-16)26-20(31)30-12-10-29(11-13-30)9-4-14-32-15-22(23,24)25/h5-8H,4,9-15H2,1-3H3,(H,26,31). The zero-order chi connectivity index (χ0) is 24.1. The van der Waals surface area contributed by atoms with Crippen LogP contribution >= 0.6 is 0 Å². The molecule has 11 heteroatoms. The van der Waals surface area contributed by atoms with Crippen LogP contribution in [0.2, 0.25) is 0 Å². The van der Waals surface area contributed by atoms with Crippen LogP contribution in [-0.2, 0) is 10.2 Å². The smallest absolute Gasteiger partial charge is 0.372 e. The monoisotopic (exact) mass is 469 g/mol. The number of amides is 2. The van der Waals surface area contributed by atoms with Gasteiger partial charge in [-0.15, -0.1) is 0 Å². The molecule has 1 fully saturated rings. The molecule has 1 saturated heterocycles. The summed E-state index contributed by atoms with van der Waals surface area (Å²) in [5.74, 6) is 1.06. The van der Waals surface area contributed by atoms with Crippen LogP contribution in [0.1, 0.15) is 33.1 Å². The van der Waals surface area contributed by atoms with Gasteiger partial charge >= 0.3 is 12.2 Å². The van der Waals surface area contributed by atoms with Crippen molar-refractivity contribution in [2.24, 2.45) is 0 Å². The minimum atomic E-state index is -4.29. The van der Waals surface area contributed by atoms with Gasteiger partial charge in [0.2, 0.25) is 11.7 Å². The van der Waals surface area contributed by atoms with Crippen molar-refractivity contribution in [3.63, 3.8) is 0 Å². The van der Waals surface area contributed by atoms with E-state index < -0.39 is 12.8 Å². The summed E-state index contributed by atoms with van der Waals surface area (Å²) >= 11 is 0. The van der Waals surface area contributed by atoms with Crippen molar-refractivity contribution in [2.75, 3.05) is 51.3 Å². The van der Waals surface area contributed by atoms with E-state index in [0.29, 0.717) is 56.5 Å². The zero-order valence-corrected chi connectivity index (χ0v) is 19.1. The molecule has 33 heavy (non-hydrogen) atoms. The molecule has 2 heterocycles. The second-order valence-electron chi connectivity index (χ2n) is 9.03. The predicted molar refractivity (Wildman–Crippen MR) is 117 cm³/mol. The first-order chi connectivity index (χ1) is 15.5. The van der Waals surface area contributed by atoms with Gasteiger partial charge in [-0.25, -0.2) is 4.79 Å². The molecule has 2 aromatic rings. The molecule has 1 aliphatic rings. The lowest BCUT2D eigenvalue weighted by molar-refractivity contribution is -0.174. The van der Waals surface area contributed by atoms with Crippen LogP contribution in [0.25, 0.3) is 11.4 Å². The Bertz CT molecular complexity index is 901. The second-order valence-corrected chi connectivity index (χ2v) is 9.03. The van der Waals surface area contributed by atoms with E-state index in [-0.39, 0.29) is 18.1 Å². The summed E-state index contributed by atoms with van der Waals surface area (Å²) in [6, 6.07) is 7.04. The minimum Gasteiger partial charge on any atom is -0.372 e. The number of ether oxygens (including phenoxy) is 1. The van der Waals surface area contributed by atoms with Crippen molar-refractivity contribution in [1.29, 1.82) is 0 Å². The molecule has 3 rings (SSSR count). The van der Waals surface area contributed by atoms with Gasteiger partial charge in [-0.3, -0.25) is 4.90 Å². The Kier molecular flexibility index (Phi) is 7.96. The third kappa shape index (κ3) is 7.71. The summed E-state index contributed by atoms with van der Waals surface area (Å²) in [7, 11) is 0. The average molecular weight is 470 g/mol. The van der Waals surface area contributed by atoms with E-state index in [0.717, 1.165) is 5.56 Å². The predicted octanol–water partition coefficient (Wildman–Crippen LogP) is 4.15. The summed E-state index contributed by atoms with van der Waals surface area (Å²) in [5, 5.41) is 6.91. The molecule has 0 bridgehead atoms. The highest BCUT2D eigenvalue weighted by Crippen LogP contribution is 2.24. The third-order valence-corrected chi connectivity index (χ3v) is 5.15. The fourth-order valence-corrected chi connectivity index (χ4v) is 3.30. The third-order valence-electron chi connectivity index (χ3n) is 5.15. The van der Waals surface area contributed by atoms with Crippen molar-refractivity contribution < 1.29 is 27.2 Å². The first kappa shape index (κ1) is 25.0. The molecular formula is C22H30F3N5O3. The van der Waals surface area contributed by atoms with Gasteiger partial charge in [-0.05, 0) is 30.7 Å². The summed E-state index contributed by atoms with van der Waals surface area (Å²) in [6.07, 6.45) is -3.77. The highest BCUT2D eigenvalue weighted by molar-refractivity contribution is 5.89. The molecule has 1 N–H and O–H groups in total. The first-order valence-electron chi connectivity index (χ1n) is 10.9. The largest absolute Gasteiger partial charge is 0.411 e. The number of rotatable bonds is 7. The van der Waals surface area contributed by atoms with Crippen molar-refractivity contribution in [3.8, 4) is 11.4 Å². The van der Waals surface area contributed by atoms with Crippen molar-refractivity contribution in [1.82, 2.24) is 19.9 Å². The molecule has 0 saturated carbocycles. The number of alkyl halides is 3. The van der Waals surface area contributed by atoms with E-state index in [4.69, 9.17) is 4.52 Å². The number of aromatic nitrogens is 2. The lowest BCUT2D eigenvalue weighted by Crippen LogP contribution is -2.50. The van der Waals surface area contributed by atoms with Gasteiger partial charge in [-0.1, -0.05) is 25.9 Å². The number of hydrogen-bond acceptors (Lipinski definition) is 6. The van der Waals surface area contributed by atoms with Crippen LogP contribution in [0.3, 0.4) is 0 Å². The van der Waals surface area contributed by atoms with Crippen LogP contribution < -0.4 is 5.32 Å². The molecule has 8 nitrogen and oxygen atoms in total. The van der Waals surface area contributed by atoms with Crippen LogP contribution in [0.5, 0.6) is 0 Å². The maximum Gasteiger partial charge on any atom is 0.411 e. The quantitative estimate of drug-likeness (QED) is 0.614. The highest BCUT2D eigenvalue weighted by atomic mass is 19.4. The maximum atomic E-state index is 12.6. The Morgan fingerprint density at radius 2 is 1.79 bits per heavy atom. The number of carbonyl (C=O) groups excluding carboxylic acids is 1. The van der Waals surface area contributed by atoms with Crippen LogP contribution in [0.4, 0.5) is 23.7 Å².